The Morgan fingerprint density at radius 2 is 2.00 bits per heavy atom. The molecule has 2 N–H and O–H groups in total. The molecule has 6 nitrogen and oxygen atoms in total. The molecule has 0 spiro atoms. The minimum atomic E-state index is -0.615. The summed E-state index contributed by atoms with van der Waals surface area (Å²) in [4.78, 5) is 10.5. The van der Waals surface area contributed by atoms with E-state index >= 15 is 4.39 Å². The van der Waals surface area contributed by atoms with Gasteiger partial charge >= 0.3 is 0 Å². The summed E-state index contributed by atoms with van der Waals surface area (Å²) in [5, 5.41) is 6.51. The van der Waals surface area contributed by atoms with Crippen LogP contribution in [-0.2, 0) is 13.0 Å². The third-order valence-electron chi connectivity index (χ3n) is 6.10. The number of hydrogen-bond acceptors (Lipinski definition) is 6. The predicted molar refractivity (Wildman–Crippen MR) is 125 cm³/mol. The largest absolute Gasteiger partial charge is 0.484 e. The van der Waals surface area contributed by atoms with Crippen molar-refractivity contribution in [2.45, 2.75) is 45.9 Å². The Balaban J connectivity index is 1.50. The molecule has 3 aromatic rings. The molecule has 2 aliphatic rings. The summed E-state index contributed by atoms with van der Waals surface area (Å²) in [6, 6.07) is 9.25. The highest BCUT2D eigenvalue weighted by atomic mass is 19.1. The summed E-state index contributed by atoms with van der Waals surface area (Å²) in [5.74, 6) is -0.703. The summed E-state index contributed by atoms with van der Waals surface area (Å²) < 4.78 is 35.6. The maximum Gasteiger partial charge on any atom is 0.227 e. The van der Waals surface area contributed by atoms with Crippen molar-refractivity contribution >= 4 is 17.3 Å². The molecule has 0 aliphatic carbocycles. The molecule has 33 heavy (non-hydrogen) atoms. The van der Waals surface area contributed by atoms with Crippen LogP contribution in [0.5, 0.6) is 5.75 Å². The second-order valence-electron chi connectivity index (χ2n) is 8.91. The summed E-state index contributed by atoms with van der Waals surface area (Å²) >= 11 is 0. The van der Waals surface area contributed by atoms with Crippen LogP contribution in [0.4, 0.5) is 26.1 Å². The maximum atomic E-state index is 15.0. The molecule has 8 heteroatoms. The highest BCUT2D eigenvalue weighted by Gasteiger charge is 2.29. The Labute approximate surface area is 192 Å². The first-order valence-corrected chi connectivity index (χ1v) is 11.3. The van der Waals surface area contributed by atoms with Crippen molar-refractivity contribution in [2.24, 2.45) is 0 Å². The van der Waals surface area contributed by atoms with Crippen molar-refractivity contribution in [1.82, 2.24) is 15.3 Å². The van der Waals surface area contributed by atoms with Crippen LogP contribution in [0.3, 0.4) is 0 Å². The van der Waals surface area contributed by atoms with E-state index in [2.05, 4.69) is 31.6 Å². The first kappa shape index (κ1) is 21.6. The fraction of sp³-hybridized carbons (Fsp3) is 0.360. The molecule has 0 saturated heterocycles. The van der Waals surface area contributed by atoms with Crippen LogP contribution >= 0.6 is 0 Å². The number of benzene rings is 2. The molecule has 0 radical (unpaired) electrons. The van der Waals surface area contributed by atoms with Crippen molar-refractivity contribution in [3.05, 3.63) is 59.3 Å². The number of hydrogen-bond donors (Lipinski definition) is 2. The van der Waals surface area contributed by atoms with E-state index < -0.39 is 11.6 Å². The Morgan fingerprint density at radius 1 is 1.15 bits per heavy atom. The summed E-state index contributed by atoms with van der Waals surface area (Å²) in [7, 11) is 0. The van der Waals surface area contributed by atoms with E-state index in [0.29, 0.717) is 17.8 Å². The van der Waals surface area contributed by atoms with Crippen LogP contribution in [0.1, 0.15) is 31.9 Å². The number of nitrogens with zero attached hydrogens (tertiary/aromatic N) is 3. The van der Waals surface area contributed by atoms with E-state index in [0.717, 1.165) is 31.4 Å². The predicted octanol–water partition coefficient (Wildman–Crippen LogP) is 4.81. The zero-order valence-electron chi connectivity index (χ0n) is 19.0. The summed E-state index contributed by atoms with van der Waals surface area (Å²) in [5.41, 5.74) is 4.33. The van der Waals surface area contributed by atoms with Gasteiger partial charge in [0.1, 0.15) is 11.8 Å². The fourth-order valence-corrected chi connectivity index (χ4v) is 4.47. The molecular formula is C25H27F2N5O. The third-order valence-corrected chi connectivity index (χ3v) is 6.10. The van der Waals surface area contributed by atoms with Gasteiger partial charge in [0.05, 0.1) is 18.4 Å². The number of rotatable bonds is 4. The molecule has 2 aliphatic heterocycles. The molecule has 5 rings (SSSR count). The fourth-order valence-electron chi connectivity index (χ4n) is 4.47. The van der Waals surface area contributed by atoms with Gasteiger partial charge in [-0.25, -0.2) is 18.7 Å². The lowest BCUT2D eigenvalue weighted by Crippen LogP contribution is -2.42. The van der Waals surface area contributed by atoms with Crippen molar-refractivity contribution in [3.8, 4) is 17.0 Å². The second-order valence-corrected chi connectivity index (χ2v) is 8.91. The second kappa shape index (κ2) is 8.59. The first-order valence-electron chi connectivity index (χ1n) is 11.3. The van der Waals surface area contributed by atoms with Gasteiger partial charge in [-0.05, 0) is 69.1 Å². The molecule has 172 valence electrons. The molecule has 0 fully saturated rings. The number of anilines is 3. The smallest absolute Gasteiger partial charge is 0.227 e. The summed E-state index contributed by atoms with van der Waals surface area (Å²) in [6.45, 7) is 8.38. The Morgan fingerprint density at radius 3 is 2.82 bits per heavy atom. The van der Waals surface area contributed by atoms with Gasteiger partial charge in [0.2, 0.25) is 5.95 Å². The van der Waals surface area contributed by atoms with E-state index in [-0.39, 0.29) is 29.5 Å². The SMILES string of the molecule is CC1CN(C(C)C)c2cc(-c3nc(Nc4ccc5c(c4)CNCC5)ncc3F)cc(F)c2O1. The van der Waals surface area contributed by atoms with Crippen molar-refractivity contribution in [2.75, 3.05) is 23.3 Å². The molecule has 2 aromatic carbocycles. The molecule has 1 aromatic heterocycles. The normalized spacial score (nSPS) is 17.4. The number of ether oxygens (including phenoxy) is 1. The molecular weight excluding hydrogens is 424 g/mol. The van der Waals surface area contributed by atoms with Crippen molar-refractivity contribution in [1.29, 1.82) is 0 Å². The standard InChI is InChI=1S/C25H27F2N5O/c1-14(2)32-13-15(3)33-24-20(26)9-17(10-22(24)32)23-21(27)12-29-25(31-23)30-19-5-4-16-6-7-28-11-18(16)8-19/h4-5,8-10,12,14-15,28H,6-7,11,13H2,1-3H3,(H,29,30,31). The highest BCUT2D eigenvalue weighted by Crippen LogP contribution is 2.40. The average molecular weight is 452 g/mol. The number of aromatic nitrogens is 2. The molecule has 0 saturated carbocycles. The lowest BCUT2D eigenvalue weighted by molar-refractivity contribution is 0.199. The lowest BCUT2D eigenvalue weighted by Gasteiger charge is -2.38. The molecule has 1 atom stereocenters. The number of halogens is 2. The van der Waals surface area contributed by atoms with Crippen LogP contribution in [0.2, 0.25) is 0 Å². The van der Waals surface area contributed by atoms with E-state index in [4.69, 9.17) is 4.74 Å². The third kappa shape index (κ3) is 4.23. The monoisotopic (exact) mass is 451 g/mol. The van der Waals surface area contributed by atoms with E-state index in [1.807, 2.05) is 32.9 Å². The minimum absolute atomic E-state index is 0.0381. The van der Waals surface area contributed by atoms with Crippen LogP contribution < -0.4 is 20.3 Å². The quantitative estimate of drug-likeness (QED) is 0.594. The Kier molecular flexibility index (Phi) is 5.62. The van der Waals surface area contributed by atoms with Crippen molar-refractivity contribution < 1.29 is 13.5 Å². The zero-order valence-corrected chi connectivity index (χ0v) is 19.0. The van der Waals surface area contributed by atoms with Crippen LogP contribution in [-0.4, -0.2) is 35.2 Å². The lowest BCUT2D eigenvalue weighted by atomic mass is 10.0. The van der Waals surface area contributed by atoms with Crippen LogP contribution in [0.25, 0.3) is 11.3 Å². The van der Waals surface area contributed by atoms with Gasteiger partial charge in [0.25, 0.3) is 0 Å². The summed E-state index contributed by atoms with van der Waals surface area (Å²) in [6.07, 6.45) is 1.96. The van der Waals surface area contributed by atoms with Crippen LogP contribution in [0, 0.1) is 11.6 Å². The minimum Gasteiger partial charge on any atom is -0.484 e. The first-order chi connectivity index (χ1) is 15.9. The van der Waals surface area contributed by atoms with Gasteiger partial charge in [-0.2, -0.15) is 0 Å². The van der Waals surface area contributed by atoms with Gasteiger partial charge < -0.3 is 20.3 Å². The number of fused-ring (bicyclic) bond motifs is 2. The van der Waals surface area contributed by atoms with Crippen LogP contribution in [0.15, 0.2) is 36.5 Å². The van der Waals surface area contributed by atoms with Gasteiger partial charge in [0, 0.05) is 23.8 Å². The average Bonchev–Trinajstić information content (AvgIpc) is 2.80. The van der Waals surface area contributed by atoms with Crippen molar-refractivity contribution in [3.63, 3.8) is 0 Å². The molecule has 0 amide bonds. The Bertz CT molecular complexity index is 1200. The molecule has 3 heterocycles. The van der Waals surface area contributed by atoms with Gasteiger partial charge in [-0.1, -0.05) is 6.07 Å². The van der Waals surface area contributed by atoms with Gasteiger partial charge in [-0.3, -0.25) is 0 Å². The zero-order chi connectivity index (χ0) is 23.1. The van der Waals surface area contributed by atoms with E-state index in [1.54, 1.807) is 6.07 Å². The van der Waals surface area contributed by atoms with Gasteiger partial charge in [0.15, 0.2) is 17.4 Å². The topological polar surface area (TPSA) is 62.3 Å². The molecule has 1 unspecified atom stereocenters. The Hall–Kier alpha value is -3.26. The highest BCUT2D eigenvalue weighted by molar-refractivity contribution is 5.73. The van der Waals surface area contributed by atoms with Gasteiger partial charge in [-0.15, -0.1) is 0 Å². The van der Waals surface area contributed by atoms with E-state index in [1.165, 1.54) is 17.2 Å². The maximum absolute atomic E-state index is 15.0. The van der Waals surface area contributed by atoms with E-state index in [9.17, 15) is 4.39 Å². The molecule has 0 bridgehead atoms. The number of nitrogens with one attached hydrogen (secondary N) is 2.